The first kappa shape index (κ1) is 36.4. The topological polar surface area (TPSA) is 112 Å². The van der Waals surface area contributed by atoms with Crippen molar-refractivity contribution in [2.75, 3.05) is 27.7 Å². The molecule has 6 nitrogen and oxygen atoms in total. The van der Waals surface area contributed by atoms with E-state index in [0.717, 1.165) is 4.48 Å². The van der Waals surface area contributed by atoms with E-state index in [0.29, 0.717) is 0 Å². The van der Waals surface area contributed by atoms with E-state index < -0.39 is 10.4 Å². The summed E-state index contributed by atoms with van der Waals surface area (Å²) in [5, 5.41) is 0. The lowest BCUT2D eigenvalue weighted by atomic mass is 10.0. The molecule has 0 aromatic heterocycles. The molecule has 0 unspecified atom stereocenters. The van der Waals surface area contributed by atoms with Gasteiger partial charge in [-0.3, -0.25) is 4.55 Å². The van der Waals surface area contributed by atoms with Gasteiger partial charge in [0.1, 0.15) is 0 Å². The van der Waals surface area contributed by atoms with E-state index in [1.165, 1.54) is 135 Å². The van der Waals surface area contributed by atoms with Gasteiger partial charge in [0.05, 0.1) is 27.7 Å². The molecule has 0 aliphatic rings. The van der Waals surface area contributed by atoms with Crippen molar-refractivity contribution in [3.8, 4) is 0 Å². The quantitative estimate of drug-likeness (QED) is 0.0753. The molecule has 0 atom stereocenters. The van der Waals surface area contributed by atoms with Crippen LogP contribution in [0.25, 0.3) is 0 Å². The Morgan fingerprint density at radius 2 is 0.750 bits per heavy atom. The Balaban J connectivity index is -0.00000125. The van der Waals surface area contributed by atoms with Crippen LogP contribution in [-0.4, -0.2) is 49.7 Å². The van der Waals surface area contributed by atoms with E-state index in [2.05, 4.69) is 28.1 Å². The van der Waals surface area contributed by atoms with Crippen molar-refractivity contribution in [1.29, 1.82) is 0 Å². The Morgan fingerprint density at radius 1 is 0.562 bits per heavy atom. The van der Waals surface area contributed by atoms with Crippen LogP contribution in [0.15, 0.2) is 0 Å². The second kappa shape index (κ2) is 25.4. The number of hydrogen-bond donors (Lipinski definition) is 2. The average molecular weight is 483 g/mol. The number of quaternary nitrogens is 1. The van der Waals surface area contributed by atoms with Crippen molar-refractivity contribution < 1.29 is 22.0 Å². The molecule has 4 N–H and O–H groups in total. The molecule has 0 amide bonds. The van der Waals surface area contributed by atoms with Gasteiger partial charge in [-0.2, -0.15) is 0 Å². The van der Waals surface area contributed by atoms with Gasteiger partial charge in [0.2, 0.25) is 10.4 Å². The van der Waals surface area contributed by atoms with E-state index in [1.54, 1.807) is 0 Å². The van der Waals surface area contributed by atoms with Crippen LogP contribution in [-0.2, 0) is 10.4 Å². The summed E-state index contributed by atoms with van der Waals surface area (Å²) < 4.78 is 34.0. The third-order valence-electron chi connectivity index (χ3n) is 5.68. The Kier molecular flexibility index (Phi) is 28.9. The Morgan fingerprint density at radius 3 is 0.938 bits per heavy atom. The molecule has 0 fully saturated rings. The van der Waals surface area contributed by atoms with Crippen molar-refractivity contribution in [3.63, 3.8) is 0 Å². The van der Waals surface area contributed by atoms with Crippen LogP contribution < -0.4 is 6.15 Å². The fourth-order valence-corrected chi connectivity index (χ4v) is 3.84. The maximum Gasteiger partial charge on any atom is 0.215 e. The second-order valence-electron chi connectivity index (χ2n) is 10.2. The molecule has 0 heterocycles. The van der Waals surface area contributed by atoms with Gasteiger partial charge in [-0.1, -0.05) is 122 Å². The summed E-state index contributed by atoms with van der Waals surface area (Å²) in [7, 11) is 1.99. The summed E-state index contributed by atoms with van der Waals surface area (Å²) in [6.07, 6.45) is 29.3. The summed E-state index contributed by atoms with van der Waals surface area (Å²) in [6, 6.07) is 0. The Hall–Kier alpha value is -0.210. The lowest BCUT2D eigenvalue weighted by molar-refractivity contribution is -0.870. The van der Waals surface area contributed by atoms with Crippen LogP contribution in [0.1, 0.15) is 135 Å². The number of nitrogens with zero attached hydrogens (tertiary/aromatic N) is 1. The van der Waals surface area contributed by atoms with Crippen molar-refractivity contribution >= 4 is 10.4 Å². The number of rotatable bonds is 21. The largest absolute Gasteiger partial charge is 0.726 e. The van der Waals surface area contributed by atoms with E-state index >= 15 is 0 Å². The van der Waals surface area contributed by atoms with Gasteiger partial charge in [-0.05, 0) is 12.8 Å². The Bertz CT molecular complexity index is 443. The predicted molar refractivity (Wildman–Crippen MR) is 138 cm³/mol. The van der Waals surface area contributed by atoms with Crippen LogP contribution in [0.5, 0.6) is 0 Å². The van der Waals surface area contributed by atoms with Gasteiger partial charge in [0, 0.05) is 0 Å². The summed E-state index contributed by atoms with van der Waals surface area (Å²) >= 11 is 0. The first-order valence-electron chi connectivity index (χ1n) is 13.0. The van der Waals surface area contributed by atoms with E-state index in [1.807, 2.05) is 0 Å². The lowest BCUT2D eigenvalue weighted by Gasteiger charge is -2.23. The normalized spacial score (nSPS) is 11.6. The van der Waals surface area contributed by atoms with Gasteiger partial charge in [0.15, 0.2) is 0 Å². The highest BCUT2D eigenvalue weighted by molar-refractivity contribution is 7.79. The van der Waals surface area contributed by atoms with Crippen LogP contribution in [0.4, 0.5) is 0 Å². The maximum absolute atomic E-state index is 8.63. The molecule has 0 radical (unpaired) electrons. The van der Waals surface area contributed by atoms with Gasteiger partial charge < -0.3 is 15.2 Å². The van der Waals surface area contributed by atoms with E-state index in [-0.39, 0.29) is 6.15 Å². The van der Waals surface area contributed by atoms with Crippen molar-refractivity contribution in [1.82, 2.24) is 6.15 Å². The van der Waals surface area contributed by atoms with Crippen LogP contribution in [0, 0.1) is 0 Å². The molecular weight excluding hydrogens is 424 g/mol. The molecule has 0 aliphatic heterocycles. The minimum absolute atomic E-state index is 0. The fourth-order valence-electron chi connectivity index (χ4n) is 3.84. The average Bonchev–Trinajstić information content (AvgIpc) is 2.64. The smallest absolute Gasteiger partial charge is 0.215 e. The SMILES string of the molecule is CCCCCCCCCCCCCCCCCCCCCC[N+](C)(C)C.N.O=S(=O)([O-])O. The molecule has 198 valence electrons. The summed E-state index contributed by atoms with van der Waals surface area (Å²) in [6.45, 7) is 3.63. The summed E-state index contributed by atoms with van der Waals surface area (Å²) in [5.74, 6) is 0. The van der Waals surface area contributed by atoms with Gasteiger partial charge in [-0.15, -0.1) is 0 Å². The molecular formula is C25H58N2O4S. The molecule has 7 heteroatoms. The minimum Gasteiger partial charge on any atom is -0.726 e. The molecule has 32 heavy (non-hydrogen) atoms. The number of hydrogen-bond acceptors (Lipinski definition) is 4. The van der Waals surface area contributed by atoms with Gasteiger partial charge in [0.25, 0.3) is 0 Å². The zero-order chi connectivity index (χ0) is 23.8. The summed E-state index contributed by atoms with van der Waals surface area (Å²) in [5.41, 5.74) is 0. The molecule has 0 aliphatic carbocycles. The number of unbranched alkanes of at least 4 members (excludes halogenated alkanes) is 19. The third kappa shape index (κ3) is 47.5. The standard InChI is InChI=1S/C25H54N.H3N.H2O4S/c1-5-6-7-8-9-10-11-12-13-14-15-16-17-18-19-20-21-22-23-24-25-26(2,3)4;;1-5(2,3)4/h5-25H2,1-4H3;1H3;(H2,1,2,3,4)/q+1;;/p-1. The molecule has 0 saturated carbocycles. The van der Waals surface area contributed by atoms with Crippen molar-refractivity contribution in [3.05, 3.63) is 0 Å². The molecule has 0 aromatic carbocycles. The molecule has 0 saturated heterocycles. The molecule has 0 rings (SSSR count). The van der Waals surface area contributed by atoms with Crippen LogP contribution in [0.2, 0.25) is 0 Å². The first-order chi connectivity index (χ1) is 14.6. The van der Waals surface area contributed by atoms with Gasteiger partial charge in [-0.25, -0.2) is 8.42 Å². The zero-order valence-corrected chi connectivity index (χ0v) is 22.9. The Labute approximate surface area is 201 Å². The van der Waals surface area contributed by atoms with Crippen molar-refractivity contribution in [2.45, 2.75) is 135 Å². The van der Waals surface area contributed by atoms with Crippen LogP contribution in [0.3, 0.4) is 0 Å². The third-order valence-corrected chi connectivity index (χ3v) is 5.68. The van der Waals surface area contributed by atoms with E-state index in [9.17, 15) is 0 Å². The molecule has 0 spiro atoms. The fraction of sp³-hybridized carbons (Fsp3) is 1.00. The van der Waals surface area contributed by atoms with E-state index in [4.69, 9.17) is 17.5 Å². The molecule has 0 bridgehead atoms. The predicted octanol–water partition coefficient (Wildman–Crippen LogP) is 7.68. The molecule has 0 aromatic rings. The van der Waals surface area contributed by atoms with Gasteiger partial charge >= 0.3 is 0 Å². The first-order valence-corrected chi connectivity index (χ1v) is 14.4. The van der Waals surface area contributed by atoms with Crippen LogP contribution >= 0.6 is 0 Å². The minimum atomic E-state index is -4.92. The monoisotopic (exact) mass is 482 g/mol. The lowest BCUT2D eigenvalue weighted by Crippen LogP contribution is -2.35. The zero-order valence-electron chi connectivity index (χ0n) is 22.1. The highest BCUT2D eigenvalue weighted by atomic mass is 32.3. The van der Waals surface area contributed by atoms with Crippen molar-refractivity contribution in [2.24, 2.45) is 0 Å². The second-order valence-corrected chi connectivity index (χ2v) is 11.0. The highest BCUT2D eigenvalue weighted by Crippen LogP contribution is 2.14. The highest BCUT2D eigenvalue weighted by Gasteiger charge is 2.04. The maximum atomic E-state index is 8.63. The summed E-state index contributed by atoms with van der Waals surface area (Å²) in [4.78, 5) is 0.